The van der Waals surface area contributed by atoms with Crippen LogP contribution in [0.1, 0.15) is 27.7 Å². The molecule has 60 valence electrons. The summed E-state index contributed by atoms with van der Waals surface area (Å²) in [5.41, 5.74) is 0.221. The lowest BCUT2D eigenvalue weighted by Gasteiger charge is -2.51. The number of aliphatic hydroxyl groups is 1. The molecule has 0 aromatic heterocycles. The Morgan fingerprint density at radius 3 is 2.00 bits per heavy atom. The molecule has 1 aliphatic heterocycles. The minimum Gasteiger partial charge on any atom is -0.390 e. The zero-order valence-electron chi connectivity index (χ0n) is 7.26. The Kier molecular flexibility index (Phi) is 1.77. The van der Waals surface area contributed by atoms with Crippen LogP contribution in [0.5, 0.6) is 0 Å². The van der Waals surface area contributed by atoms with Gasteiger partial charge >= 0.3 is 0 Å². The zero-order valence-corrected chi connectivity index (χ0v) is 7.26. The Labute approximate surface area is 62.8 Å². The number of hydrogen-bond donors (Lipinski definition) is 1. The van der Waals surface area contributed by atoms with E-state index < -0.39 is 0 Å². The molecule has 1 rings (SSSR count). The lowest BCUT2D eigenvalue weighted by molar-refractivity contribution is -0.0984. The monoisotopic (exact) mass is 143 g/mol. The van der Waals surface area contributed by atoms with E-state index in [0.717, 1.165) is 6.54 Å². The van der Waals surface area contributed by atoms with Crippen LogP contribution in [0.3, 0.4) is 0 Å². The van der Waals surface area contributed by atoms with E-state index in [-0.39, 0.29) is 11.6 Å². The van der Waals surface area contributed by atoms with Gasteiger partial charge in [-0.15, -0.1) is 0 Å². The maximum atomic E-state index is 9.21. The quantitative estimate of drug-likeness (QED) is 0.543. The number of aliphatic hydroxyl groups excluding tert-OH is 1. The van der Waals surface area contributed by atoms with Crippen LogP contribution in [-0.4, -0.2) is 34.2 Å². The minimum atomic E-state index is -0.0979. The van der Waals surface area contributed by atoms with Crippen molar-refractivity contribution < 1.29 is 5.11 Å². The molecule has 2 unspecified atom stereocenters. The maximum Gasteiger partial charge on any atom is 0.0819 e. The summed E-state index contributed by atoms with van der Waals surface area (Å²) >= 11 is 0. The van der Waals surface area contributed by atoms with E-state index in [1.54, 1.807) is 0 Å². The third-order valence-corrected chi connectivity index (χ3v) is 2.29. The van der Waals surface area contributed by atoms with Crippen molar-refractivity contribution >= 4 is 0 Å². The smallest absolute Gasteiger partial charge is 0.0819 e. The maximum absolute atomic E-state index is 9.21. The number of β-amino-alcohol motifs (C(OH)–C–C–N with tert-alkyl or cyclic N) is 1. The summed E-state index contributed by atoms with van der Waals surface area (Å²) in [7, 11) is 0. The molecule has 10 heavy (non-hydrogen) atoms. The molecule has 2 heteroatoms. The summed E-state index contributed by atoms with van der Waals surface area (Å²) in [5, 5.41) is 9.21. The van der Waals surface area contributed by atoms with Crippen molar-refractivity contribution in [2.75, 3.05) is 6.54 Å². The summed E-state index contributed by atoms with van der Waals surface area (Å²) in [6, 6.07) is 0.347. The summed E-state index contributed by atoms with van der Waals surface area (Å²) in [5.74, 6) is 0. The molecule has 1 aliphatic rings. The summed E-state index contributed by atoms with van der Waals surface area (Å²) in [4.78, 5) is 2.30. The van der Waals surface area contributed by atoms with Gasteiger partial charge in [-0.3, -0.25) is 4.90 Å². The van der Waals surface area contributed by atoms with E-state index >= 15 is 0 Å². The van der Waals surface area contributed by atoms with Gasteiger partial charge in [-0.25, -0.2) is 0 Å². The van der Waals surface area contributed by atoms with E-state index in [1.807, 2.05) is 0 Å². The topological polar surface area (TPSA) is 23.5 Å². The molecule has 2 nitrogen and oxygen atoms in total. The van der Waals surface area contributed by atoms with E-state index in [9.17, 15) is 5.11 Å². The highest BCUT2D eigenvalue weighted by Gasteiger charge is 2.39. The third-order valence-electron chi connectivity index (χ3n) is 2.29. The lowest BCUT2D eigenvalue weighted by Crippen LogP contribution is -2.64. The largest absolute Gasteiger partial charge is 0.390 e. The molecule has 1 N–H and O–H groups in total. The molecule has 1 fully saturated rings. The van der Waals surface area contributed by atoms with Gasteiger partial charge in [-0.1, -0.05) is 0 Å². The van der Waals surface area contributed by atoms with Gasteiger partial charge < -0.3 is 5.11 Å². The van der Waals surface area contributed by atoms with Crippen molar-refractivity contribution in [1.29, 1.82) is 0 Å². The first-order valence-corrected chi connectivity index (χ1v) is 3.88. The fourth-order valence-corrected chi connectivity index (χ4v) is 1.47. The Hall–Kier alpha value is -0.0800. The molecule has 0 spiro atoms. The molecule has 0 aromatic rings. The summed E-state index contributed by atoms with van der Waals surface area (Å²) < 4.78 is 0. The molecule has 0 aromatic carbocycles. The highest BCUT2D eigenvalue weighted by atomic mass is 16.3. The normalized spacial score (nSPS) is 35.7. The second kappa shape index (κ2) is 2.21. The standard InChI is InChI=1S/C8H17NO/c1-6-7(10)5-9(6)8(2,3)4/h6-7,10H,5H2,1-4H3. The molecule has 1 saturated heterocycles. The van der Waals surface area contributed by atoms with Gasteiger partial charge in [-0.2, -0.15) is 0 Å². The molecule has 1 heterocycles. The Bertz CT molecular complexity index is 128. The van der Waals surface area contributed by atoms with Gasteiger partial charge in [-0.05, 0) is 27.7 Å². The Balaban J connectivity index is 2.48. The lowest BCUT2D eigenvalue weighted by atomic mass is 9.92. The highest BCUT2D eigenvalue weighted by Crippen LogP contribution is 2.26. The van der Waals surface area contributed by atoms with E-state index in [4.69, 9.17) is 0 Å². The molecular formula is C8H17NO. The predicted molar refractivity (Wildman–Crippen MR) is 41.9 cm³/mol. The van der Waals surface area contributed by atoms with Gasteiger partial charge in [0, 0.05) is 18.1 Å². The van der Waals surface area contributed by atoms with Crippen molar-refractivity contribution in [2.45, 2.75) is 45.4 Å². The van der Waals surface area contributed by atoms with Crippen molar-refractivity contribution in [3.63, 3.8) is 0 Å². The van der Waals surface area contributed by atoms with E-state index in [0.29, 0.717) is 6.04 Å². The molecule has 0 radical (unpaired) electrons. The first kappa shape index (κ1) is 8.02. The predicted octanol–water partition coefficient (Wildman–Crippen LogP) is 0.850. The van der Waals surface area contributed by atoms with E-state index in [2.05, 4.69) is 32.6 Å². The van der Waals surface area contributed by atoms with Crippen LogP contribution in [0.4, 0.5) is 0 Å². The summed E-state index contributed by atoms with van der Waals surface area (Å²) in [6.45, 7) is 9.43. The number of nitrogens with zero attached hydrogens (tertiary/aromatic N) is 1. The number of rotatable bonds is 0. The van der Waals surface area contributed by atoms with Gasteiger partial charge in [0.2, 0.25) is 0 Å². The molecule has 0 bridgehead atoms. The van der Waals surface area contributed by atoms with Crippen molar-refractivity contribution in [3.8, 4) is 0 Å². The van der Waals surface area contributed by atoms with Crippen LogP contribution in [-0.2, 0) is 0 Å². The first-order valence-electron chi connectivity index (χ1n) is 3.88. The van der Waals surface area contributed by atoms with Crippen molar-refractivity contribution in [3.05, 3.63) is 0 Å². The second-order valence-corrected chi connectivity index (χ2v) is 4.13. The van der Waals surface area contributed by atoms with Crippen LogP contribution in [0.2, 0.25) is 0 Å². The number of likely N-dealkylation sites (tertiary alicyclic amines) is 1. The van der Waals surface area contributed by atoms with Crippen LogP contribution in [0.15, 0.2) is 0 Å². The molecule has 0 aliphatic carbocycles. The van der Waals surface area contributed by atoms with Gasteiger partial charge in [0.05, 0.1) is 6.10 Å². The van der Waals surface area contributed by atoms with Gasteiger partial charge in [0.1, 0.15) is 0 Å². The second-order valence-electron chi connectivity index (χ2n) is 4.13. The molecule has 0 amide bonds. The van der Waals surface area contributed by atoms with Crippen LogP contribution in [0, 0.1) is 0 Å². The molecule has 0 saturated carbocycles. The molecular weight excluding hydrogens is 126 g/mol. The number of hydrogen-bond acceptors (Lipinski definition) is 2. The van der Waals surface area contributed by atoms with Crippen LogP contribution < -0.4 is 0 Å². The zero-order chi connectivity index (χ0) is 7.94. The minimum absolute atomic E-state index is 0.0979. The fraction of sp³-hybridized carbons (Fsp3) is 1.00. The van der Waals surface area contributed by atoms with Crippen molar-refractivity contribution in [2.24, 2.45) is 0 Å². The SMILES string of the molecule is CC1C(O)CN1C(C)(C)C. The van der Waals surface area contributed by atoms with Gasteiger partial charge in [0.25, 0.3) is 0 Å². The summed E-state index contributed by atoms with van der Waals surface area (Å²) in [6.07, 6.45) is -0.0979. The van der Waals surface area contributed by atoms with Crippen LogP contribution >= 0.6 is 0 Å². The Morgan fingerprint density at radius 2 is 1.90 bits per heavy atom. The highest BCUT2D eigenvalue weighted by molar-refractivity contribution is 4.95. The Morgan fingerprint density at radius 1 is 1.40 bits per heavy atom. The van der Waals surface area contributed by atoms with Gasteiger partial charge in [0.15, 0.2) is 0 Å². The van der Waals surface area contributed by atoms with Crippen LogP contribution in [0.25, 0.3) is 0 Å². The first-order chi connectivity index (χ1) is 4.43. The average molecular weight is 143 g/mol. The average Bonchev–Trinajstić information content (AvgIpc) is 1.79. The molecule has 2 atom stereocenters. The third kappa shape index (κ3) is 1.18. The fourth-order valence-electron chi connectivity index (χ4n) is 1.47. The van der Waals surface area contributed by atoms with E-state index in [1.165, 1.54) is 0 Å². The van der Waals surface area contributed by atoms with Crippen molar-refractivity contribution in [1.82, 2.24) is 4.90 Å².